The highest BCUT2D eigenvalue weighted by Gasteiger charge is 2.32. The summed E-state index contributed by atoms with van der Waals surface area (Å²) in [6.45, 7) is 8.82. The van der Waals surface area contributed by atoms with Gasteiger partial charge in [-0.2, -0.15) is 0 Å². The maximum atomic E-state index is 5.97. The van der Waals surface area contributed by atoms with Gasteiger partial charge in [-0.15, -0.1) is 24.0 Å². The summed E-state index contributed by atoms with van der Waals surface area (Å²) in [5.74, 6) is 0.928. The van der Waals surface area contributed by atoms with Crippen LogP contribution in [0.2, 0.25) is 0 Å². The molecule has 8 heteroatoms. The summed E-state index contributed by atoms with van der Waals surface area (Å²) in [6.07, 6.45) is 4.64. The molecule has 2 aliphatic heterocycles. The first-order valence-corrected chi connectivity index (χ1v) is 9.94. The highest BCUT2D eigenvalue weighted by atomic mass is 127. The number of nitrogens with zero attached hydrogens (tertiary/aromatic N) is 4. The molecular formula is C20H30IN5O2. The fourth-order valence-corrected chi connectivity index (χ4v) is 3.85. The van der Waals surface area contributed by atoms with Gasteiger partial charge in [0, 0.05) is 38.1 Å². The first-order valence-electron chi connectivity index (χ1n) is 9.94. The Morgan fingerprint density at radius 2 is 2.14 bits per heavy atom. The predicted molar refractivity (Wildman–Crippen MR) is 120 cm³/mol. The topological polar surface area (TPSA) is 63.4 Å². The molecule has 0 aliphatic carbocycles. The van der Waals surface area contributed by atoms with E-state index in [0.717, 1.165) is 56.4 Å². The fraction of sp³-hybridized carbons (Fsp3) is 0.600. The minimum Gasteiger partial charge on any atom is -0.375 e. The van der Waals surface area contributed by atoms with Crippen LogP contribution in [0.4, 0.5) is 0 Å². The number of aromatic nitrogens is 2. The van der Waals surface area contributed by atoms with Crippen molar-refractivity contribution in [3.63, 3.8) is 0 Å². The zero-order valence-electron chi connectivity index (χ0n) is 16.6. The Morgan fingerprint density at radius 3 is 2.89 bits per heavy atom. The summed E-state index contributed by atoms with van der Waals surface area (Å²) in [7, 11) is 0. The molecule has 2 aromatic heterocycles. The third kappa shape index (κ3) is 4.77. The van der Waals surface area contributed by atoms with E-state index in [2.05, 4.69) is 40.7 Å². The third-order valence-corrected chi connectivity index (χ3v) is 5.24. The van der Waals surface area contributed by atoms with Crippen molar-refractivity contribution in [1.29, 1.82) is 0 Å². The Kier molecular flexibility index (Phi) is 7.53. The van der Waals surface area contributed by atoms with Crippen LogP contribution in [0.25, 0.3) is 5.65 Å². The Morgan fingerprint density at radius 1 is 1.29 bits per heavy atom. The lowest BCUT2D eigenvalue weighted by Crippen LogP contribution is -2.53. The number of aliphatic imine (C=N–C) groups is 1. The van der Waals surface area contributed by atoms with Crippen molar-refractivity contribution in [3.05, 3.63) is 35.8 Å². The number of pyridine rings is 1. The summed E-state index contributed by atoms with van der Waals surface area (Å²) >= 11 is 0. The molecule has 2 saturated heterocycles. The molecule has 2 aliphatic rings. The number of halogens is 1. The van der Waals surface area contributed by atoms with Crippen molar-refractivity contribution in [3.8, 4) is 0 Å². The van der Waals surface area contributed by atoms with Crippen LogP contribution < -0.4 is 5.32 Å². The zero-order chi connectivity index (χ0) is 18.6. The summed E-state index contributed by atoms with van der Waals surface area (Å²) in [5.41, 5.74) is 3.12. The SMILES string of the molecule is CCNC(=NCc1cn2c(C)cccc2n1)N1CCOC(C2CCCO2)C1.I. The molecule has 0 saturated carbocycles. The molecule has 2 unspecified atom stereocenters. The normalized spacial score (nSPS) is 23.1. The van der Waals surface area contributed by atoms with Crippen LogP contribution in [0.5, 0.6) is 0 Å². The number of rotatable bonds is 4. The van der Waals surface area contributed by atoms with Gasteiger partial charge in [0.05, 0.1) is 24.9 Å². The van der Waals surface area contributed by atoms with Crippen molar-refractivity contribution < 1.29 is 9.47 Å². The number of aryl methyl sites for hydroxylation is 1. The van der Waals surface area contributed by atoms with Gasteiger partial charge in [0.25, 0.3) is 0 Å². The van der Waals surface area contributed by atoms with Crippen LogP contribution in [0.15, 0.2) is 29.4 Å². The second-order valence-electron chi connectivity index (χ2n) is 7.20. The monoisotopic (exact) mass is 499 g/mol. The summed E-state index contributed by atoms with van der Waals surface area (Å²) in [6, 6.07) is 6.15. The van der Waals surface area contributed by atoms with Crippen molar-refractivity contribution in [1.82, 2.24) is 19.6 Å². The Bertz CT molecular complexity index is 803. The molecule has 2 atom stereocenters. The maximum absolute atomic E-state index is 5.97. The van der Waals surface area contributed by atoms with E-state index in [-0.39, 0.29) is 36.2 Å². The van der Waals surface area contributed by atoms with Crippen molar-refractivity contribution in [2.24, 2.45) is 4.99 Å². The van der Waals surface area contributed by atoms with Crippen molar-refractivity contribution >= 4 is 35.6 Å². The molecule has 4 rings (SSSR count). The van der Waals surface area contributed by atoms with Crippen LogP contribution in [0.3, 0.4) is 0 Å². The van der Waals surface area contributed by atoms with Gasteiger partial charge in [-0.1, -0.05) is 6.07 Å². The minimum atomic E-state index is 0. The molecule has 0 radical (unpaired) electrons. The number of guanidine groups is 1. The number of nitrogens with one attached hydrogen (secondary N) is 1. The van der Waals surface area contributed by atoms with E-state index in [4.69, 9.17) is 19.5 Å². The zero-order valence-corrected chi connectivity index (χ0v) is 19.0. The van der Waals surface area contributed by atoms with Gasteiger partial charge in [0.15, 0.2) is 5.96 Å². The van der Waals surface area contributed by atoms with Crippen molar-refractivity contribution in [2.75, 3.05) is 32.8 Å². The van der Waals surface area contributed by atoms with E-state index < -0.39 is 0 Å². The molecule has 0 amide bonds. The van der Waals surface area contributed by atoms with Crippen LogP contribution >= 0.6 is 24.0 Å². The first-order chi connectivity index (χ1) is 13.2. The van der Waals surface area contributed by atoms with Crippen LogP contribution in [-0.4, -0.2) is 65.3 Å². The number of hydrogen-bond acceptors (Lipinski definition) is 4. The molecule has 0 aromatic carbocycles. The summed E-state index contributed by atoms with van der Waals surface area (Å²) < 4.78 is 13.9. The van der Waals surface area contributed by atoms with Gasteiger partial charge >= 0.3 is 0 Å². The van der Waals surface area contributed by atoms with Crippen LogP contribution in [-0.2, 0) is 16.0 Å². The number of imidazole rings is 1. The van der Waals surface area contributed by atoms with Gasteiger partial charge in [-0.05, 0) is 38.8 Å². The second kappa shape index (κ2) is 9.89. The van der Waals surface area contributed by atoms with E-state index in [1.54, 1.807) is 0 Å². The van der Waals surface area contributed by atoms with Crippen molar-refractivity contribution in [2.45, 2.75) is 45.4 Å². The number of morpholine rings is 1. The lowest BCUT2D eigenvalue weighted by atomic mass is 10.1. The van der Waals surface area contributed by atoms with Gasteiger partial charge in [0.1, 0.15) is 11.8 Å². The van der Waals surface area contributed by atoms with Gasteiger partial charge < -0.3 is 24.1 Å². The molecule has 4 heterocycles. The molecule has 2 aromatic rings. The molecule has 28 heavy (non-hydrogen) atoms. The van der Waals surface area contributed by atoms with Gasteiger partial charge in [-0.3, -0.25) is 0 Å². The van der Waals surface area contributed by atoms with E-state index in [1.807, 2.05) is 12.1 Å². The molecule has 0 bridgehead atoms. The van der Waals surface area contributed by atoms with Crippen LogP contribution in [0.1, 0.15) is 31.2 Å². The van der Waals surface area contributed by atoms with E-state index in [1.165, 1.54) is 5.69 Å². The average molecular weight is 499 g/mol. The Hall–Kier alpha value is -1.39. The second-order valence-corrected chi connectivity index (χ2v) is 7.20. The number of fused-ring (bicyclic) bond motifs is 1. The molecule has 0 spiro atoms. The molecule has 154 valence electrons. The number of ether oxygens (including phenoxy) is 2. The van der Waals surface area contributed by atoms with E-state index in [0.29, 0.717) is 13.2 Å². The summed E-state index contributed by atoms with van der Waals surface area (Å²) in [4.78, 5) is 11.8. The molecule has 1 N–H and O–H groups in total. The standard InChI is InChI=1S/C20H29N5O2.HI/c1-3-21-20(24-9-11-27-18(14-24)17-7-5-10-26-17)22-12-16-13-25-15(2)6-4-8-19(25)23-16;/h4,6,8,13,17-18H,3,5,7,9-12,14H2,1-2H3,(H,21,22);1H. The third-order valence-electron chi connectivity index (χ3n) is 5.24. The average Bonchev–Trinajstić information content (AvgIpc) is 3.35. The van der Waals surface area contributed by atoms with Gasteiger partial charge in [-0.25, -0.2) is 9.98 Å². The molecule has 7 nitrogen and oxygen atoms in total. The van der Waals surface area contributed by atoms with Crippen LogP contribution in [0, 0.1) is 6.92 Å². The quantitative estimate of drug-likeness (QED) is 0.398. The predicted octanol–water partition coefficient (Wildman–Crippen LogP) is 2.61. The molecule has 2 fully saturated rings. The summed E-state index contributed by atoms with van der Waals surface area (Å²) in [5, 5.41) is 3.42. The fourth-order valence-electron chi connectivity index (χ4n) is 3.85. The highest BCUT2D eigenvalue weighted by molar-refractivity contribution is 14.0. The first kappa shape index (κ1) is 21.3. The van der Waals surface area contributed by atoms with E-state index in [9.17, 15) is 0 Å². The lowest BCUT2D eigenvalue weighted by Gasteiger charge is -2.37. The van der Waals surface area contributed by atoms with Gasteiger partial charge in [0.2, 0.25) is 0 Å². The minimum absolute atomic E-state index is 0. The smallest absolute Gasteiger partial charge is 0.194 e. The lowest BCUT2D eigenvalue weighted by molar-refractivity contribution is -0.0817. The highest BCUT2D eigenvalue weighted by Crippen LogP contribution is 2.21. The van der Waals surface area contributed by atoms with E-state index >= 15 is 0 Å². The maximum Gasteiger partial charge on any atom is 0.194 e. The largest absolute Gasteiger partial charge is 0.375 e. The Labute approximate surface area is 183 Å². The number of hydrogen-bond donors (Lipinski definition) is 1. The molecular weight excluding hydrogens is 469 g/mol. The Balaban J connectivity index is 0.00000225.